The molecule has 34 heavy (non-hydrogen) atoms. The normalized spacial score (nSPS) is 18.9. The number of hydrogen-bond acceptors (Lipinski definition) is 5. The van der Waals surface area contributed by atoms with Crippen LogP contribution in [-0.2, 0) is 6.42 Å². The summed E-state index contributed by atoms with van der Waals surface area (Å²) in [7, 11) is 0. The summed E-state index contributed by atoms with van der Waals surface area (Å²) in [5, 5.41) is 6.95. The van der Waals surface area contributed by atoms with E-state index >= 15 is 0 Å². The predicted molar refractivity (Wildman–Crippen MR) is 127 cm³/mol. The molecule has 1 aliphatic carbocycles. The van der Waals surface area contributed by atoms with Gasteiger partial charge in [-0.05, 0) is 41.4 Å². The van der Waals surface area contributed by atoms with Gasteiger partial charge in [-0.15, -0.1) is 0 Å². The monoisotopic (exact) mass is 458 g/mol. The molecule has 1 atom stereocenters. The third kappa shape index (κ3) is 3.28. The van der Waals surface area contributed by atoms with Crippen molar-refractivity contribution < 1.29 is 8.78 Å². The fraction of sp³-hybridized carbons (Fsp3) is 0.269. The number of rotatable bonds is 3. The summed E-state index contributed by atoms with van der Waals surface area (Å²) in [6.45, 7) is 1.63. The zero-order valence-electron chi connectivity index (χ0n) is 18.5. The summed E-state index contributed by atoms with van der Waals surface area (Å²) in [5.41, 5.74) is 10.4. The van der Waals surface area contributed by atoms with E-state index in [1.165, 1.54) is 11.1 Å². The summed E-state index contributed by atoms with van der Waals surface area (Å²) in [6, 6.07) is 17.0. The fourth-order valence-corrected chi connectivity index (χ4v) is 5.55. The first-order chi connectivity index (χ1) is 16.6. The molecule has 8 heteroatoms. The van der Waals surface area contributed by atoms with E-state index in [9.17, 15) is 8.78 Å². The number of aromatic amines is 1. The number of aromatic nitrogens is 4. The van der Waals surface area contributed by atoms with Gasteiger partial charge < -0.3 is 10.6 Å². The van der Waals surface area contributed by atoms with Gasteiger partial charge in [0.15, 0.2) is 5.65 Å². The van der Waals surface area contributed by atoms with E-state index in [1.54, 1.807) is 36.5 Å². The van der Waals surface area contributed by atoms with Crippen molar-refractivity contribution in [3.63, 3.8) is 0 Å². The highest BCUT2D eigenvalue weighted by Crippen LogP contribution is 2.50. The molecule has 172 valence electrons. The summed E-state index contributed by atoms with van der Waals surface area (Å²) >= 11 is 0. The average molecular weight is 459 g/mol. The molecule has 6 rings (SSSR count). The number of nitrogens with two attached hydrogens (primary N) is 1. The van der Waals surface area contributed by atoms with E-state index in [2.05, 4.69) is 49.3 Å². The largest absolute Gasteiger partial charge is 0.355 e. The van der Waals surface area contributed by atoms with Crippen molar-refractivity contribution in [1.29, 1.82) is 0 Å². The van der Waals surface area contributed by atoms with Gasteiger partial charge in [0, 0.05) is 19.1 Å². The Balaban J connectivity index is 1.25. The molecule has 0 radical (unpaired) electrons. The van der Waals surface area contributed by atoms with E-state index in [0.717, 1.165) is 32.4 Å². The molecule has 4 aromatic rings. The van der Waals surface area contributed by atoms with Crippen LogP contribution in [0.4, 0.5) is 14.6 Å². The first kappa shape index (κ1) is 20.9. The minimum Gasteiger partial charge on any atom is -0.355 e. The number of fused-ring (bicyclic) bond motifs is 2. The lowest BCUT2D eigenvalue weighted by Crippen LogP contribution is -2.44. The van der Waals surface area contributed by atoms with Gasteiger partial charge in [0.05, 0.1) is 11.8 Å². The van der Waals surface area contributed by atoms with E-state index < -0.39 is 6.08 Å². The Morgan fingerprint density at radius 1 is 1.03 bits per heavy atom. The van der Waals surface area contributed by atoms with Gasteiger partial charge in [0.1, 0.15) is 17.0 Å². The molecule has 2 aliphatic rings. The molecular formula is C26H24F2N6. The second-order valence-electron chi connectivity index (χ2n) is 9.20. The van der Waals surface area contributed by atoms with Crippen LogP contribution in [0.15, 0.2) is 66.9 Å². The topological polar surface area (TPSA) is 83.7 Å². The van der Waals surface area contributed by atoms with Gasteiger partial charge in [-0.25, -0.2) is 9.97 Å². The Hall–Kier alpha value is -3.65. The van der Waals surface area contributed by atoms with Crippen LogP contribution >= 0.6 is 0 Å². The number of piperidine rings is 1. The van der Waals surface area contributed by atoms with E-state index in [0.29, 0.717) is 22.5 Å². The van der Waals surface area contributed by atoms with Crippen molar-refractivity contribution >= 4 is 22.6 Å². The minimum atomic E-state index is -1.80. The predicted octanol–water partition coefficient (Wildman–Crippen LogP) is 4.85. The quantitative estimate of drug-likeness (QED) is 0.459. The van der Waals surface area contributed by atoms with Crippen molar-refractivity contribution in [2.45, 2.75) is 25.3 Å². The van der Waals surface area contributed by atoms with Crippen molar-refractivity contribution in [2.24, 2.45) is 11.1 Å². The Labute approximate surface area is 195 Å². The lowest BCUT2D eigenvalue weighted by molar-refractivity contribution is 0.187. The molecule has 6 nitrogen and oxygen atoms in total. The summed E-state index contributed by atoms with van der Waals surface area (Å²) < 4.78 is 27.8. The first-order valence-electron chi connectivity index (χ1n) is 11.5. The maximum atomic E-state index is 13.9. The van der Waals surface area contributed by atoms with Crippen molar-refractivity contribution in [3.05, 3.63) is 89.3 Å². The molecule has 0 saturated carbocycles. The van der Waals surface area contributed by atoms with Crippen molar-refractivity contribution in [3.8, 4) is 0 Å². The molecule has 1 aliphatic heterocycles. The maximum absolute atomic E-state index is 13.9. The summed E-state index contributed by atoms with van der Waals surface area (Å²) in [5.74, 6) is 0.715. The van der Waals surface area contributed by atoms with Crippen LogP contribution in [0.2, 0.25) is 0 Å². The molecule has 0 unspecified atom stereocenters. The Morgan fingerprint density at radius 3 is 2.50 bits per heavy atom. The first-order valence-corrected chi connectivity index (χ1v) is 11.5. The number of nitrogens with one attached hydrogen (secondary N) is 1. The molecule has 3 N–H and O–H groups in total. The number of H-pyrrole nitrogens is 1. The van der Waals surface area contributed by atoms with Crippen LogP contribution in [0.1, 0.15) is 41.3 Å². The maximum Gasteiger partial charge on any atom is 0.280 e. The Morgan fingerprint density at radius 2 is 1.76 bits per heavy atom. The molecule has 0 bridgehead atoms. The zero-order chi connectivity index (χ0) is 23.3. The van der Waals surface area contributed by atoms with E-state index in [4.69, 9.17) is 5.73 Å². The second kappa shape index (κ2) is 7.99. The Kier molecular flexibility index (Phi) is 4.91. The molecular weight excluding hydrogens is 434 g/mol. The van der Waals surface area contributed by atoms with Crippen molar-refractivity contribution in [1.82, 2.24) is 20.2 Å². The number of hydrogen-bond donors (Lipinski definition) is 2. The van der Waals surface area contributed by atoms with Crippen LogP contribution < -0.4 is 10.6 Å². The van der Waals surface area contributed by atoms with Gasteiger partial charge in [-0.3, -0.25) is 5.10 Å². The second-order valence-corrected chi connectivity index (χ2v) is 9.20. The van der Waals surface area contributed by atoms with Gasteiger partial charge in [-0.1, -0.05) is 54.6 Å². The van der Waals surface area contributed by atoms with Crippen LogP contribution in [0.5, 0.6) is 0 Å². The zero-order valence-corrected chi connectivity index (χ0v) is 18.5. The van der Waals surface area contributed by atoms with Gasteiger partial charge in [-0.2, -0.15) is 13.9 Å². The molecule has 0 amide bonds. The molecule has 3 heterocycles. The molecule has 2 aromatic carbocycles. The summed E-state index contributed by atoms with van der Waals surface area (Å²) in [4.78, 5) is 11.4. The molecule has 1 saturated heterocycles. The third-order valence-corrected chi connectivity index (χ3v) is 7.42. The molecule has 1 spiro atoms. The average Bonchev–Trinajstić information content (AvgIpc) is 3.39. The Bertz CT molecular complexity index is 1380. The fourth-order valence-electron chi connectivity index (χ4n) is 5.55. The molecule has 2 aromatic heterocycles. The molecule has 1 fully saturated rings. The van der Waals surface area contributed by atoms with Crippen LogP contribution in [-0.4, -0.2) is 33.3 Å². The lowest BCUT2D eigenvalue weighted by Gasteiger charge is -2.42. The minimum absolute atomic E-state index is 0.0494. The lowest BCUT2D eigenvalue weighted by atomic mass is 9.73. The SMILES string of the molecule is N[C@@H]1c2ccccc2CC12CCN(c1cnc3c(C(=C(F)F)c4ccccc4)n[nH]c3n1)CC2. The van der Waals surface area contributed by atoms with Gasteiger partial charge in [0.25, 0.3) is 6.08 Å². The number of halogens is 2. The number of nitrogens with zero attached hydrogens (tertiary/aromatic N) is 4. The van der Waals surface area contributed by atoms with E-state index in [1.807, 2.05) is 0 Å². The third-order valence-electron chi connectivity index (χ3n) is 7.42. The van der Waals surface area contributed by atoms with Gasteiger partial charge in [0.2, 0.25) is 0 Å². The summed E-state index contributed by atoms with van der Waals surface area (Å²) in [6.07, 6.45) is 2.79. The van der Waals surface area contributed by atoms with Crippen LogP contribution in [0, 0.1) is 5.41 Å². The number of anilines is 1. The highest BCUT2D eigenvalue weighted by molar-refractivity contribution is 5.91. The number of benzene rings is 2. The standard InChI is InChI=1S/C26H24F2N6/c27-24(28)20(16-6-2-1-3-7-16)21-22-25(33-32-21)31-19(15-30-22)34-12-10-26(11-13-34)14-17-8-4-5-9-18(17)23(26)29/h1-9,15,23H,10-14,29H2,(H,31,32,33)/t23-/m1/s1. The highest BCUT2D eigenvalue weighted by Gasteiger charge is 2.45. The van der Waals surface area contributed by atoms with Gasteiger partial charge >= 0.3 is 0 Å². The van der Waals surface area contributed by atoms with Crippen molar-refractivity contribution in [2.75, 3.05) is 18.0 Å². The smallest absolute Gasteiger partial charge is 0.280 e. The highest BCUT2D eigenvalue weighted by atomic mass is 19.3. The van der Waals surface area contributed by atoms with E-state index in [-0.39, 0.29) is 22.7 Å². The van der Waals surface area contributed by atoms with Crippen LogP contribution in [0.25, 0.3) is 16.7 Å². The van der Waals surface area contributed by atoms with Crippen LogP contribution in [0.3, 0.4) is 0 Å².